The lowest BCUT2D eigenvalue weighted by atomic mass is 10.1. The highest BCUT2D eigenvalue weighted by Crippen LogP contribution is 2.36. The van der Waals surface area contributed by atoms with Crippen molar-refractivity contribution in [1.29, 1.82) is 0 Å². The van der Waals surface area contributed by atoms with Crippen molar-refractivity contribution in [2.24, 2.45) is 0 Å². The van der Waals surface area contributed by atoms with E-state index in [1.54, 1.807) is 0 Å². The van der Waals surface area contributed by atoms with Crippen LogP contribution in [0.2, 0.25) is 0 Å². The summed E-state index contributed by atoms with van der Waals surface area (Å²) in [6, 6.07) is 12.0. The molecule has 0 radical (unpaired) electrons. The molecule has 3 aliphatic heterocycles. The summed E-state index contributed by atoms with van der Waals surface area (Å²) in [4.78, 5) is 4.54. The highest BCUT2D eigenvalue weighted by Gasteiger charge is 2.24. The molecule has 1 aromatic heterocycles. The molecule has 0 unspecified atom stereocenters. The van der Waals surface area contributed by atoms with Crippen LogP contribution in [0.25, 0.3) is 11.3 Å². The van der Waals surface area contributed by atoms with Crippen LogP contribution in [0.3, 0.4) is 0 Å². The predicted molar refractivity (Wildman–Crippen MR) is 107 cm³/mol. The molecule has 0 amide bonds. The second-order valence-electron chi connectivity index (χ2n) is 7.49. The molecule has 0 saturated carbocycles. The lowest BCUT2D eigenvalue weighted by molar-refractivity contribution is 0.00326. The lowest BCUT2D eigenvalue weighted by Crippen LogP contribution is -2.36. The number of ether oxygens (including phenoxy) is 5. The highest BCUT2D eigenvalue weighted by molar-refractivity contribution is 5.64. The molecule has 2 aromatic carbocycles. The van der Waals surface area contributed by atoms with Crippen molar-refractivity contribution in [1.82, 2.24) is 14.9 Å². The lowest BCUT2D eigenvalue weighted by Gasteiger charge is -2.26. The smallest absolute Gasteiger partial charge is 0.231 e. The molecule has 1 atom stereocenters. The van der Waals surface area contributed by atoms with Crippen molar-refractivity contribution in [2.75, 3.05) is 20.1 Å². The van der Waals surface area contributed by atoms with Gasteiger partial charge in [0.05, 0.1) is 24.5 Å². The Kier molecular flexibility index (Phi) is 4.24. The molecular formula is C22H21N3O5. The Morgan fingerprint density at radius 3 is 2.57 bits per heavy atom. The summed E-state index contributed by atoms with van der Waals surface area (Å²) in [5, 5.41) is 3.49. The zero-order chi connectivity index (χ0) is 19.9. The maximum absolute atomic E-state index is 6.00. The average molecular weight is 407 g/mol. The second-order valence-corrected chi connectivity index (χ2v) is 7.49. The highest BCUT2D eigenvalue weighted by atomic mass is 16.7. The fourth-order valence-corrected chi connectivity index (χ4v) is 4.02. The molecular weight excluding hydrogens is 386 g/mol. The van der Waals surface area contributed by atoms with Crippen molar-refractivity contribution >= 4 is 0 Å². The molecule has 0 bridgehead atoms. The minimum Gasteiger partial charge on any atom is -0.454 e. The summed E-state index contributed by atoms with van der Waals surface area (Å²) in [6.07, 6.45) is 1.96. The zero-order valence-corrected chi connectivity index (χ0v) is 16.3. The van der Waals surface area contributed by atoms with Crippen LogP contribution in [-0.4, -0.2) is 35.8 Å². The molecule has 0 saturated heterocycles. The number of rotatable bonds is 5. The topological polar surface area (TPSA) is 76.0 Å². The van der Waals surface area contributed by atoms with Gasteiger partial charge in [0.1, 0.15) is 12.4 Å². The first-order chi connectivity index (χ1) is 14.8. The molecule has 3 aliphatic rings. The number of benzene rings is 2. The summed E-state index contributed by atoms with van der Waals surface area (Å²) >= 11 is 0. The molecule has 0 aliphatic carbocycles. The van der Waals surface area contributed by atoms with Crippen LogP contribution in [0.15, 0.2) is 42.6 Å². The number of fused-ring (bicyclic) bond motifs is 3. The van der Waals surface area contributed by atoms with Crippen LogP contribution in [0.5, 0.6) is 23.0 Å². The monoisotopic (exact) mass is 407 g/mol. The summed E-state index contributed by atoms with van der Waals surface area (Å²) < 4.78 is 30.0. The van der Waals surface area contributed by atoms with E-state index in [9.17, 15) is 0 Å². The standard InChI is InChI=1S/C22H21N3O5/c1-3-18-20(29-12-27-18)5-14(1)7-23-8-16-10-25-17(9-24-22(25)11-26-16)15-2-4-19-21(6-15)30-13-28-19/h1-6,9,16,23H,7-8,10-13H2/t16-/m0/s1. The van der Waals surface area contributed by atoms with Crippen molar-refractivity contribution < 1.29 is 23.7 Å². The number of aromatic nitrogens is 2. The van der Waals surface area contributed by atoms with Crippen molar-refractivity contribution in [3.63, 3.8) is 0 Å². The fraction of sp³-hybridized carbons (Fsp3) is 0.318. The van der Waals surface area contributed by atoms with Gasteiger partial charge in [-0.25, -0.2) is 4.98 Å². The Morgan fingerprint density at radius 2 is 1.70 bits per heavy atom. The summed E-state index contributed by atoms with van der Waals surface area (Å²) in [7, 11) is 0. The molecule has 6 rings (SSSR count). The van der Waals surface area contributed by atoms with Gasteiger partial charge in [-0.2, -0.15) is 0 Å². The van der Waals surface area contributed by atoms with Crippen molar-refractivity contribution in [2.45, 2.75) is 25.8 Å². The zero-order valence-electron chi connectivity index (χ0n) is 16.3. The predicted octanol–water partition coefficient (Wildman–Crippen LogP) is 2.70. The Labute approximate surface area is 173 Å². The van der Waals surface area contributed by atoms with Gasteiger partial charge in [-0.05, 0) is 35.9 Å². The number of imidazole rings is 1. The SMILES string of the molecule is c1cc2c(cc1CNC[C@H]1Cn3c(-c4ccc5c(c4)OCO5)cnc3CO1)OCO2. The van der Waals surface area contributed by atoms with Crippen LogP contribution >= 0.6 is 0 Å². The Balaban J connectivity index is 1.12. The molecule has 8 heteroatoms. The van der Waals surface area contributed by atoms with Gasteiger partial charge >= 0.3 is 0 Å². The first-order valence-corrected chi connectivity index (χ1v) is 9.99. The van der Waals surface area contributed by atoms with E-state index in [1.807, 2.05) is 42.6 Å². The van der Waals surface area contributed by atoms with Gasteiger partial charge in [0.25, 0.3) is 0 Å². The number of nitrogens with zero attached hydrogens (tertiary/aromatic N) is 2. The van der Waals surface area contributed by atoms with Gasteiger partial charge in [-0.1, -0.05) is 6.07 Å². The largest absolute Gasteiger partial charge is 0.454 e. The van der Waals surface area contributed by atoms with Crippen LogP contribution in [0.4, 0.5) is 0 Å². The van der Waals surface area contributed by atoms with Crippen LogP contribution in [0, 0.1) is 0 Å². The van der Waals surface area contributed by atoms with E-state index in [0.717, 1.165) is 65.3 Å². The summed E-state index contributed by atoms with van der Waals surface area (Å²) in [5.74, 6) is 4.11. The van der Waals surface area contributed by atoms with E-state index in [2.05, 4.69) is 14.9 Å². The van der Waals surface area contributed by atoms with E-state index in [0.29, 0.717) is 13.4 Å². The van der Waals surface area contributed by atoms with Crippen molar-refractivity contribution in [3.8, 4) is 34.3 Å². The van der Waals surface area contributed by atoms with Gasteiger partial charge in [-0.3, -0.25) is 0 Å². The van der Waals surface area contributed by atoms with Crippen LogP contribution in [0.1, 0.15) is 11.4 Å². The van der Waals surface area contributed by atoms with Gasteiger partial charge < -0.3 is 33.6 Å². The Morgan fingerprint density at radius 1 is 0.933 bits per heavy atom. The summed E-state index contributed by atoms with van der Waals surface area (Å²) in [6.45, 7) is 3.29. The van der Waals surface area contributed by atoms with E-state index >= 15 is 0 Å². The van der Waals surface area contributed by atoms with Crippen molar-refractivity contribution in [3.05, 3.63) is 54.0 Å². The van der Waals surface area contributed by atoms with Crippen LogP contribution < -0.4 is 24.3 Å². The van der Waals surface area contributed by atoms with Gasteiger partial charge in [0, 0.05) is 18.7 Å². The molecule has 154 valence electrons. The maximum atomic E-state index is 6.00. The van der Waals surface area contributed by atoms with E-state index in [-0.39, 0.29) is 12.9 Å². The minimum absolute atomic E-state index is 0.0634. The molecule has 0 spiro atoms. The molecule has 0 fully saturated rings. The molecule has 30 heavy (non-hydrogen) atoms. The quantitative estimate of drug-likeness (QED) is 0.697. The third-order valence-corrected chi connectivity index (χ3v) is 5.58. The molecule has 3 aromatic rings. The van der Waals surface area contributed by atoms with Crippen LogP contribution in [-0.2, 0) is 24.4 Å². The normalized spacial score (nSPS) is 18.5. The molecule has 4 heterocycles. The second kappa shape index (κ2) is 7.23. The number of nitrogens with one attached hydrogen (secondary N) is 1. The van der Waals surface area contributed by atoms with E-state index in [1.165, 1.54) is 0 Å². The average Bonchev–Trinajstić information content (AvgIpc) is 3.51. The number of hydrogen-bond donors (Lipinski definition) is 1. The van der Waals surface area contributed by atoms with Gasteiger partial charge in [0.2, 0.25) is 13.6 Å². The van der Waals surface area contributed by atoms with Gasteiger partial charge in [-0.15, -0.1) is 0 Å². The maximum Gasteiger partial charge on any atom is 0.231 e. The first-order valence-electron chi connectivity index (χ1n) is 9.99. The molecule has 8 nitrogen and oxygen atoms in total. The minimum atomic E-state index is 0.0634. The molecule has 1 N–H and O–H groups in total. The summed E-state index contributed by atoms with van der Waals surface area (Å²) in [5.41, 5.74) is 3.28. The Bertz CT molecular complexity index is 1100. The van der Waals surface area contributed by atoms with E-state index in [4.69, 9.17) is 23.7 Å². The first kappa shape index (κ1) is 17.6. The fourth-order valence-electron chi connectivity index (χ4n) is 4.02. The number of hydrogen-bond acceptors (Lipinski definition) is 7. The van der Waals surface area contributed by atoms with E-state index < -0.39 is 0 Å². The third-order valence-electron chi connectivity index (χ3n) is 5.58. The third kappa shape index (κ3) is 3.14. The Hall–Kier alpha value is -3.23. The van der Waals surface area contributed by atoms with Gasteiger partial charge in [0.15, 0.2) is 23.0 Å².